The SMILES string of the molecule is COC(=O)[C@@H](NC(=O)[C@@H](NC(=O)OCc1ccccc1)[C@H]1CCCCN1C(=O)OC(C)(C)C)[C@H]1CCCCN1C(=O)OC(C)(C)C. The van der Waals surface area contributed by atoms with Crippen LogP contribution in [0.3, 0.4) is 0 Å². The van der Waals surface area contributed by atoms with E-state index in [9.17, 15) is 24.0 Å². The fourth-order valence-corrected chi connectivity index (χ4v) is 5.61. The molecule has 0 aliphatic carbocycles. The van der Waals surface area contributed by atoms with Crippen molar-refractivity contribution in [2.45, 2.75) is 122 Å². The molecule has 2 fully saturated rings. The molecule has 0 spiro atoms. The number of rotatable bonds is 8. The molecule has 3 rings (SSSR count). The highest BCUT2D eigenvalue weighted by Gasteiger charge is 2.44. The number of hydrogen-bond donors (Lipinski definition) is 2. The van der Waals surface area contributed by atoms with E-state index in [1.54, 1.807) is 53.7 Å². The van der Waals surface area contributed by atoms with Gasteiger partial charge in [-0.3, -0.25) is 4.79 Å². The smallest absolute Gasteiger partial charge is 0.410 e. The van der Waals surface area contributed by atoms with Crippen LogP contribution in [0.1, 0.15) is 85.6 Å². The van der Waals surface area contributed by atoms with Gasteiger partial charge in [-0.15, -0.1) is 0 Å². The molecular formula is C33H50N4O9. The summed E-state index contributed by atoms with van der Waals surface area (Å²) in [6, 6.07) is 4.90. The minimum atomic E-state index is -1.32. The van der Waals surface area contributed by atoms with E-state index in [2.05, 4.69) is 10.6 Å². The summed E-state index contributed by atoms with van der Waals surface area (Å²) in [7, 11) is 1.20. The van der Waals surface area contributed by atoms with Crippen LogP contribution in [-0.4, -0.2) is 95.5 Å². The van der Waals surface area contributed by atoms with Gasteiger partial charge in [0, 0.05) is 13.1 Å². The zero-order chi connectivity index (χ0) is 34.1. The first-order chi connectivity index (χ1) is 21.6. The second kappa shape index (κ2) is 16.0. The van der Waals surface area contributed by atoms with Gasteiger partial charge in [-0.25, -0.2) is 19.2 Å². The summed E-state index contributed by atoms with van der Waals surface area (Å²) in [5, 5.41) is 5.41. The quantitative estimate of drug-likeness (QED) is 0.307. The molecule has 2 aliphatic heterocycles. The highest BCUT2D eigenvalue weighted by molar-refractivity contribution is 5.91. The molecule has 2 heterocycles. The topological polar surface area (TPSA) is 153 Å². The van der Waals surface area contributed by atoms with Crippen molar-refractivity contribution >= 4 is 30.2 Å². The van der Waals surface area contributed by atoms with Gasteiger partial charge in [0.1, 0.15) is 29.9 Å². The number of carbonyl (C=O) groups is 5. The van der Waals surface area contributed by atoms with Gasteiger partial charge in [0.2, 0.25) is 5.91 Å². The second-order valence-electron chi connectivity index (χ2n) is 13.7. The molecule has 0 radical (unpaired) electrons. The van der Waals surface area contributed by atoms with Crippen LogP contribution >= 0.6 is 0 Å². The Kier molecular flexibility index (Phi) is 12.7. The average molecular weight is 647 g/mol. The second-order valence-corrected chi connectivity index (χ2v) is 13.7. The van der Waals surface area contributed by atoms with E-state index >= 15 is 0 Å². The zero-order valence-electron chi connectivity index (χ0n) is 28.1. The van der Waals surface area contributed by atoms with Crippen molar-refractivity contribution in [1.29, 1.82) is 0 Å². The van der Waals surface area contributed by atoms with E-state index in [1.165, 1.54) is 16.9 Å². The van der Waals surface area contributed by atoms with E-state index in [4.69, 9.17) is 18.9 Å². The van der Waals surface area contributed by atoms with Crippen molar-refractivity contribution in [3.8, 4) is 0 Å². The van der Waals surface area contributed by atoms with E-state index in [0.717, 1.165) is 5.56 Å². The number of amides is 4. The largest absolute Gasteiger partial charge is 0.467 e. The van der Waals surface area contributed by atoms with Gasteiger partial charge in [0.25, 0.3) is 0 Å². The first-order valence-electron chi connectivity index (χ1n) is 15.9. The Bertz CT molecular complexity index is 1210. The van der Waals surface area contributed by atoms with Crippen LogP contribution in [0.2, 0.25) is 0 Å². The van der Waals surface area contributed by atoms with E-state index in [-0.39, 0.29) is 6.61 Å². The predicted octanol–water partition coefficient (Wildman–Crippen LogP) is 4.52. The fraction of sp³-hybridized carbons (Fsp3) is 0.667. The molecule has 0 aromatic heterocycles. The Labute approximate surface area is 271 Å². The number of likely N-dealkylation sites (tertiary alicyclic amines) is 2. The molecule has 4 amide bonds. The standard InChI is InChI=1S/C33H50N4O9/c1-32(2,3)45-30(41)36-19-13-11-17-23(36)25(35-29(40)44-21-22-15-9-8-10-16-22)27(38)34-26(28(39)43-7)24-18-12-14-20-37(24)31(42)46-33(4,5)6/h8-10,15-16,23-26H,11-14,17-21H2,1-7H3,(H,34,38)(H,35,40)/t23-,24-,25+,26+/m1/s1. The van der Waals surface area contributed by atoms with Crippen LogP contribution in [0, 0.1) is 0 Å². The molecule has 2 N–H and O–H groups in total. The van der Waals surface area contributed by atoms with Crippen LogP contribution in [0.5, 0.6) is 0 Å². The van der Waals surface area contributed by atoms with E-state index < -0.39 is 65.5 Å². The molecule has 0 saturated carbocycles. The molecule has 13 nitrogen and oxygen atoms in total. The van der Waals surface area contributed by atoms with Gasteiger partial charge >= 0.3 is 24.2 Å². The fourth-order valence-electron chi connectivity index (χ4n) is 5.61. The predicted molar refractivity (Wildman–Crippen MR) is 169 cm³/mol. The number of alkyl carbamates (subject to hydrolysis) is 1. The number of benzene rings is 1. The number of carbonyl (C=O) groups excluding carboxylic acids is 5. The number of piperidine rings is 2. The van der Waals surface area contributed by atoms with Gasteiger partial charge in [0.15, 0.2) is 0 Å². The normalized spacial score (nSPS) is 20.1. The first kappa shape index (κ1) is 36.4. The van der Waals surface area contributed by atoms with Crippen molar-refractivity contribution in [2.24, 2.45) is 0 Å². The summed E-state index contributed by atoms with van der Waals surface area (Å²) in [5.74, 6) is -1.49. The minimum absolute atomic E-state index is 0.0425. The first-order valence-corrected chi connectivity index (χ1v) is 15.9. The number of esters is 1. The maximum absolute atomic E-state index is 14.2. The van der Waals surface area contributed by atoms with Gasteiger partial charge in [-0.05, 0) is 85.6 Å². The Hall–Kier alpha value is -4.03. The summed E-state index contributed by atoms with van der Waals surface area (Å²) in [6.45, 7) is 11.1. The monoisotopic (exact) mass is 646 g/mol. The summed E-state index contributed by atoms with van der Waals surface area (Å²) < 4.78 is 21.8. The third-order valence-electron chi connectivity index (χ3n) is 7.65. The summed E-state index contributed by atoms with van der Waals surface area (Å²) in [5.41, 5.74) is -0.817. The van der Waals surface area contributed by atoms with Crippen molar-refractivity contribution < 1.29 is 42.9 Å². The molecule has 1 aromatic carbocycles. The van der Waals surface area contributed by atoms with E-state index in [1.807, 2.05) is 18.2 Å². The number of hydrogen-bond acceptors (Lipinski definition) is 9. The number of ether oxygens (including phenoxy) is 4. The Balaban J connectivity index is 1.91. The van der Waals surface area contributed by atoms with Crippen molar-refractivity contribution in [3.05, 3.63) is 35.9 Å². The number of nitrogens with zero attached hydrogens (tertiary/aromatic N) is 2. The maximum Gasteiger partial charge on any atom is 0.410 e. The van der Waals surface area contributed by atoms with E-state index in [0.29, 0.717) is 51.6 Å². The van der Waals surface area contributed by atoms with Crippen LogP contribution < -0.4 is 10.6 Å². The summed E-state index contributed by atoms with van der Waals surface area (Å²) >= 11 is 0. The Morgan fingerprint density at radius 1 is 0.761 bits per heavy atom. The van der Waals surface area contributed by atoms with Crippen molar-refractivity contribution in [1.82, 2.24) is 20.4 Å². The maximum atomic E-state index is 14.2. The van der Waals surface area contributed by atoms with Crippen LogP contribution in [-0.2, 0) is 35.1 Å². The Morgan fingerprint density at radius 2 is 1.26 bits per heavy atom. The molecule has 4 atom stereocenters. The van der Waals surface area contributed by atoms with Crippen LogP contribution in [0.25, 0.3) is 0 Å². The molecule has 256 valence electrons. The highest BCUT2D eigenvalue weighted by atomic mass is 16.6. The van der Waals surface area contributed by atoms with Gasteiger partial charge in [-0.2, -0.15) is 0 Å². The number of methoxy groups -OCH3 is 1. The number of nitrogens with one attached hydrogen (secondary N) is 2. The molecule has 2 aliphatic rings. The molecule has 0 unspecified atom stereocenters. The molecular weight excluding hydrogens is 596 g/mol. The molecule has 46 heavy (non-hydrogen) atoms. The van der Waals surface area contributed by atoms with Gasteiger partial charge < -0.3 is 39.4 Å². The van der Waals surface area contributed by atoms with Crippen molar-refractivity contribution in [3.63, 3.8) is 0 Å². The van der Waals surface area contributed by atoms with Gasteiger partial charge in [-0.1, -0.05) is 30.3 Å². The van der Waals surface area contributed by atoms with Gasteiger partial charge in [0.05, 0.1) is 19.2 Å². The lowest BCUT2D eigenvalue weighted by Crippen LogP contribution is -2.65. The Morgan fingerprint density at radius 3 is 1.74 bits per heavy atom. The highest BCUT2D eigenvalue weighted by Crippen LogP contribution is 2.26. The molecule has 1 aromatic rings. The summed E-state index contributed by atoms with van der Waals surface area (Å²) in [6.07, 6.45) is 1.45. The lowest BCUT2D eigenvalue weighted by atomic mass is 9.93. The minimum Gasteiger partial charge on any atom is -0.467 e. The third kappa shape index (κ3) is 10.8. The molecule has 2 saturated heterocycles. The molecule has 0 bridgehead atoms. The zero-order valence-corrected chi connectivity index (χ0v) is 28.1. The molecule has 13 heteroatoms. The van der Waals surface area contributed by atoms with Crippen LogP contribution in [0.15, 0.2) is 30.3 Å². The van der Waals surface area contributed by atoms with Crippen LogP contribution in [0.4, 0.5) is 14.4 Å². The lowest BCUT2D eigenvalue weighted by Gasteiger charge is -2.42. The lowest BCUT2D eigenvalue weighted by molar-refractivity contribution is -0.148. The summed E-state index contributed by atoms with van der Waals surface area (Å²) in [4.78, 5) is 69.9. The average Bonchev–Trinajstić information content (AvgIpc) is 3.00. The third-order valence-corrected chi connectivity index (χ3v) is 7.65. The van der Waals surface area contributed by atoms with Crippen molar-refractivity contribution in [2.75, 3.05) is 20.2 Å².